The average molecular weight is 449 g/mol. The highest BCUT2D eigenvalue weighted by atomic mass is 16.5. The molecule has 0 aliphatic heterocycles. The second-order valence-corrected chi connectivity index (χ2v) is 7.64. The number of rotatable bonds is 11. The van der Waals surface area contributed by atoms with Crippen molar-refractivity contribution in [3.63, 3.8) is 0 Å². The highest BCUT2D eigenvalue weighted by Gasteiger charge is 2.21. The third-order valence-electron chi connectivity index (χ3n) is 5.75. The number of benzene rings is 3. The normalized spacial score (nSPS) is 12.5. The minimum atomic E-state index is -0.418. The second kappa shape index (κ2) is 11.9. The Hall–Kier alpha value is -3.51. The number of amides is 1. The molecular weight excluding hydrogens is 416 g/mol. The molecule has 0 bridgehead atoms. The monoisotopic (exact) mass is 448 g/mol. The largest absolute Gasteiger partial charge is 0.497 e. The van der Waals surface area contributed by atoms with Crippen molar-refractivity contribution in [1.29, 1.82) is 0 Å². The summed E-state index contributed by atoms with van der Waals surface area (Å²) in [6, 6.07) is 23.4. The van der Waals surface area contributed by atoms with Gasteiger partial charge in [0.05, 0.1) is 21.3 Å². The fraction of sp³-hybridized carbons (Fsp3) is 0.296. The first-order valence-corrected chi connectivity index (χ1v) is 11.0. The summed E-state index contributed by atoms with van der Waals surface area (Å²) in [6.07, 6.45) is 0.780. The van der Waals surface area contributed by atoms with Crippen LogP contribution >= 0.6 is 0 Å². The molecule has 33 heavy (non-hydrogen) atoms. The Morgan fingerprint density at radius 2 is 1.45 bits per heavy atom. The molecule has 0 aromatic heterocycles. The zero-order chi connectivity index (χ0) is 23.6. The zero-order valence-corrected chi connectivity index (χ0v) is 19.6. The molecule has 3 rings (SSSR count). The molecule has 0 spiro atoms. The zero-order valence-electron chi connectivity index (χ0n) is 19.6. The van der Waals surface area contributed by atoms with Gasteiger partial charge in [0.15, 0.2) is 11.5 Å². The van der Waals surface area contributed by atoms with Crippen LogP contribution < -0.4 is 24.8 Å². The van der Waals surface area contributed by atoms with Crippen LogP contribution in [0.3, 0.4) is 0 Å². The van der Waals surface area contributed by atoms with E-state index >= 15 is 0 Å². The summed E-state index contributed by atoms with van der Waals surface area (Å²) < 4.78 is 16.3. The Balaban J connectivity index is 1.85. The molecule has 0 aliphatic rings. The van der Waals surface area contributed by atoms with Gasteiger partial charge in [-0.25, -0.2) is 0 Å². The number of carbonyl (C=O) groups excluding carboxylic acids is 1. The van der Waals surface area contributed by atoms with E-state index in [-0.39, 0.29) is 11.8 Å². The molecule has 2 N–H and O–H groups in total. The molecule has 6 nitrogen and oxygen atoms in total. The lowest BCUT2D eigenvalue weighted by Gasteiger charge is -2.23. The van der Waals surface area contributed by atoms with Crippen molar-refractivity contribution in [3.05, 3.63) is 89.5 Å². The van der Waals surface area contributed by atoms with Gasteiger partial charge in [0.25, 0.3) is 0 Å². The van der Waals surface area contributed by atoms with Crippen LogP contribution in [-0.4, -0.2) is 40.8 Å². The maximum Gasteiger partial charge on any atom is 0.241 e. The molecule has 0 unspecified atom stereocenters. The van der Waals surface area contributed by atoms with E-state index in [1.54, 1.807) is 28.4 Å². The van der Waals surface area contributed by atoms with Gasteiger partial charge in [-0.15, -0.1) is 0 Å². The van der Waals surface area contributed by atoms with E-state index in [9.17, 15) is 4.79 Å². The summed E-state index contributed by atoms with van der Waals surface area (Å²) in [5.74, 6) is 2.22. The van der Waals surface area contributed by atoms with Gasteiger partial charge in [-0.05, 0) is 53.9 Å². The van der Waals surface area contributed by atoms with Crippen LogP contribution in [0.4, 0.5) is 0 Å². The summed E-state index contributed by atoms with van der Waals surface area (Å²) in [4.78, 5) is 12.5. The molecule has 0 heterocycles. The van der Waals surface area contributed by atoms with Crippen molar-refractivity contribution in [2.45, 2.75) is 18.4 Å². The lowest BCUT2D eigenvalue weighted by atomic mass is 9.88. The van der Waals surface area contributed by atoms with Crippen LogP contribution in [0.5, 0.6) is 17.2 Å². The van der Waals surface area contributed by atoms with Gasteiger partial charge in [0.1, 0.15) is 11.8 Å². The molecule has 3 aromatic carbocycles. The van der Waals surface area contributed by atoms with Crippen molar-refractivity contribution >= 4 is 5.91 Å². The van der Waals surface area contributed by atoms with Crippen molar-refractivity contribution in [2.75, 3.05) is 34.9 Å². The Morgan fingerprint density at radius 3 is 2.06 bits per heavy atom. The third kappa shape index (κ3) is 6.05. The molecule has 0 fully saturated rings. The molecule has 0 saturated heterocycles. The summed E-state index contributed by atoms with van der Waals surface area (Å²) in [5, 5.41) is 6.20. The Kier molecular flexibility index (Phi) is 8.72. The van der Waals surface area contributed by atoms with Crippen molar-refractivity contribution in [3.8, 4) is 17.2 Å². The lowest BCUT2D eigenvalue weighted by molar-refractivity contribution is -0.122. The Labute approximate surface area is 195 Å². The topological polar surface area (TPSA) is 68.8 Å². The molecule has 0 aliphatic carbocycles. The third-order valence-corrected chi connectivity index (χ3v) is 5.75. The predicted molar refractivity (Wildman–Crippen MR) is 130 cm³/mol. The highest BCUT2D eigenvalue weighted by Crippen LogP contribution is 2.35. The SMILES string of the molecule is CNC(=O)[C@H](NCC[C@H](c1ccc(OC)cc1)c1ccc(OC)c(OC)c1)c1ccccc1. The number of nitrogens with one attached hydrogen (secondary N) is 2. The molecule has 3 aromatic rings. The van der Waals surface area contributed by atoms with E-state index < -0.39 is 6.04 Å². The van der Waals surface area contributed by atoms with Crippen LogP contribution in [0.25, 0.3) is 0 Å². The van der Waals surface area contributed by atoms with Crippen LogP contribution in [0.2, 0.25) is 0 Å². The van der Waals surface area contributed by atoms with Gasteiger partial charge < -0.3 is 24.8 Å². The number of hydrogen-bond donors (Lipinski definition) is 2. The van der Waals surface area contributed by atoms with E-state index in [0.717, 1.165) is 28.9 Å². The van der Waals surface area contributed by atoms with Crippen LogP contribution in [0.1, 0.15) is 35.1 Å². The van der Waals surface area contributed by atoms with E-state index in [1.807, 2.05) is 54.6 Å². The molecule has 6 heteroatoms. The first-order valence-electron chi connectivity index (χ1n) is 11.0. The first kappa shape index (κ1) is 24.1. The number of hydrogen-bond acceptors (Lipinski definition) is 5. The quantitative estimate of drug-likeness (QED) is 0.458. The first-order chi connectivity index (χ1) is 16.1. The van der Waals surface area contributed by atoms with Crippen LogP contribution in [0, 0.1) is 0 Å². The fourth-order valence-corrected chi connectivity index (χ4v) is 3.96. The minimum Gasteiger partial charge on any atom is -0.497 e. The molecule has 0 saturated carbocycles. The van der Waals surface area contributed by atoms with Crippen molar-refractivity contribution < 1.29 is 19.0 Å². The van der Waals surface area contributed by atoms with E-state index in [2.05, 4.69) is 28.8 Å². The lowest BCUT2D eigenvalue weighted by Crippen LogP contribution is -2.36. The number of ether oxygens (including phenoxy) is 3. The summed E-state index contributed by atoms with van der Waals surface area (Å²) in [6.45, 7) is 0.637. The van der Waals surface area contributed by atoms with E-state index in [4.69, 9.17) is 14.2 Å². The maximum absolute atomic E-state index is 12.5. The highest BCUT2D eigenvalue weighted by molar-refractivity contribution is 5.82. The van der Waals surface area contributed by atoms with Gasteiger partial charge in [0.2, 0.25) is 5.91 Å². The standard InChI is InChI=1S/C27H32N2O4/c1-28-27(30)26(20-8-6-5-7-9-20)29-17-16-23(19-10-13-22(31-2)14-11-19)21-12-15-24(32-3)25(18-21)33-4/h5-15,18,23,26,29H,16-17H2,1-4H3,(H,28,30)/t23-,26-/m1/s1. The number of carbonyl (C=O) groups is 1. The number of methoxy groups -OCH3 is 3. The van der Waals surface area contributed by atoms with Crippen molar-refractivity contribution in [2.24, 2.45) is 0 Å². The predicted octanol–water partition coefficient (Wildman–Crippen LogP) is 4.31. The molecule has 2 atom stereocenters. The Morgan fingerprint density at radius 1 is 0.788 bits per heavy atom. The Bertz CT molecular complexity index is 1020. The smallest absolute Gasteiger partial charge is 0.241 e. The van der Waals surface area contributed by atoms with Gasteiger partial charge in [0, 0.05) is 13.0 Å². The summed E-state index contributed by atoms with van der Waals surface area (Å²) >= 11 is 0. The van der Waals surface area contributed by atoms with Crippen LogP contribution in [-0.2, 0) is 4.79 Å². The number of likely N-dealkylation sites (N-methyl/N-ethyl adjacent to an activating group) is 1. The fourth-order valence-electron chi connectivity index (χ4n) is 3.96. The molecular formula is C27H32N2O4. The second-order valence-electron chi connectivity index (χ2n) is 7.64. The summed E-state index contributed by atoms with van der Waals surface area (Å²) in [7, 11) is 6.58. The maximum atomic E-state index is 12.5. The molecule has 1 amide bonds. The van der Waals surface area contributed by atoms with Gasteiger partial charge in [-0.2, -0.15) is 0 Å². The van der Waals surface area contributed by atoms with E-state index in [0.29, 0.717) is 18.0 Å². The minimum absolute atomic E-state index is 0.0617. The van der Waals surface area contributed by atoms with Gasteiger partial charge in [-0.3, -0.25) is 4.79 Å². The summed E-state index contributed by atoms with van der Waals surface area (Å²) in [5.41, 5.74) is 3.20. The van der Waals surface area contributed by atoms with Gasteiger partial charge >= 0.3 is 0 Å². The van der Waals surface area contributed by atoms with Crippen molar-refractivity contribution in [1.82, 2.24) is 10.6 Å². The molecule has 0 radical (unpaired) electrons. The average Bonchev–Trinajstić information content (AvgIpc) is 2.88. The van der Waals surface area contributed by atoms with E-state index in [1.165, 1.54) is 0 Å². The van der Waals surface area contributed by atoms with Crippen LogP contribution in [0.15, 0.2) is 72.8 Å². The van der Waals surface area contributed by atoms with Gasteiger partial charge in [-0.1, -0.05) is 48.5 Å². The molecule has 174 valence electrons.